The fraction of sp³-hybridized carbons (Fsp3) is 0.353. The Kier molecular flexibility index (Phi) is 5.50. The molecule has 1 aromatic heterocycles. The zero-order valence-corrected chi connectivity index (χ0v) is 14.5. The predicted molar refractivity (Wildman–Crippen MR) is 91.5 cm³/mol. The van der Waals surface area contributed by atoms with Gasteiger partial charge in [-0.3, -0.25) is 9.59 Å². The number of ketones is 1. The molecule has 5 nitrogen and oxygen atoms in total. The molecule has 0 saturated heterocycles. The minimum atomic E-state index is -0.181. The van der Waals surface area contributed by atoms with Crippen LogP contribution in [0.25, 0.3) is 0 Å². The van der Waals surface area contributed by atoms with Gasteiger partial charge in [-0.15, -0.1) is 0 Å². The van der Waals surface area contributed by atoms with E-state index < -0.39 is 0 Å². The minimum absolute atomic E-state index is 0.0428. The Morgan fingerprint density at radius 2 is 2.00 bits per heavy atom. The number of thiazole rings is 1. The smallest absolute Gasteiger partial charge is 0.229 e. The summed E-state index contributed by atoms with van der Waals surface area (Å²) >= 11 is 1.20. The highest BCUT2D eigenvalue weighted by Gasteiger charge is 2.13. The monoisotopic (exact) mass is 332 g/mol. The molecular formula is C17H20N2O3S. The van der Waals surface area contributed by atoms with Gasteiger partial charge in [0, 0.05) is 6.92 Å². The molecular weight excluding hydrogens is 312 g/mol. The van der Waals surface area contributed by atoms with Crippen LogP contribution in [0, 0.1) is 20.8 Å². The molecule has 2 rings (SSSR count). The van der Waals surface area contributed by atoms with E-state index in [2.05, 4.69) is 10.3 Å². The summed E-state index contributed by atoms with van der Waals surface area (Å²) in [5, 5.41) is 3.16. The second-order valence-electron chi connectivity index (χ2n) is 5.41. The number of Topliss-reactive ketones (excluding diaryl/α,β-unsaturated/α-hetero) is 1. The average molecular weight is 332 g/mol. The van der Waals surface area contributed by atoms with Gasteiger partial charge in [-0.2, -0.15) is 0 Å². The Bertz CT molecular complexity index is 737. The second-order valence-corrected chi connectivity index (χ2v) is 6.40. The van der Waals surface area contributed by atoms with Crippen molar-refractivity contribution in [3.63, 3.8) is 0 Å². The highest BCUT2D eigenvalue weighted by molar-refractivity contribution is 7.17. The number of benzene rings is 1. The lowest BCUT2D eigenvalue weighted by Crippen LogP contribution is -2.15. The molecule has 0 aliphatic carbocycles. The van der Waals surface area contributed by atoms with E-state index in [1.54, 1.807) is 6.92 Å². The van der Waals surface area contributed by atoms with Crippen LogP contribution in [0.15, 0.2) is 18.2 Å². The molecule has 0 atom stereocenters. The first-order valence-electron chi connectivity index (χ1n) is 7.35. The molecule has 1 N–H and O–H groups in total. The Labute approximate surface area is 139 Å². The number of anilines is 1. The van der Waals surface area contributed by atoms with Gasteiger partial charge in [0.2, 0.25) is 5.91 Å². The fourth-order valence-electron chi connectivity index (χ4n) is 2.07. The Morgan fingerprint density at radius 3 is 2.65 bits per heavy atom. The number of rotatable bonds is 6. The lowest BCUT2D eigenvalue weighted by atomic mass is 10.1. The van der Waals surface area contributed by atoms with Crippen molar-refractivity contribution >= 4 is 28.2 Å². The van der Waals surface area contributed by atoms with Gasteiger partial charge in [0.05, 0.1) is 23.6 Å². The number of nitrogens with zero attached hydrogens (tertiary/aromatic N) is 1. The van der Waals surface area contributed by atoms with Crippen LogP contribution in [0.4, 0.5) is 5.13 Å². The standard InChI is InChI=1S/C17H20N2O3S/c1-10-5-6-11(2)14(9-10)22-8-7-15(21)19-17-18-12(3)16(23-17)13(4)20/h5-6,9H,7-8H2,1-4H3,(H,18,19,21). The molecule has 0 radical (unpaired) electrons. The summed E-state index contributed by atoms with van der Waals surface area (Å²) in [5.41, 5.74) is 2.80. The van der Waals surface area contributed by atoms with E-state index in [4.69, 9.17) is 4.74 Å². The van der Waals surface area contributed by atoms with Gasteiger partial charge in [0.15, 0.2) is 10.9 Å². The first-order valence-corrected chi connectivity index (χ1v) is 8.16. The zero-order chi connectivity index (χ0) is 17.0. The number of aryl methyl sites for hydroxylation is 3. The molecule has 1 aromatic carbocycles. The number of nitrogens with one attached hydrogen (secondary N) is 1. The normalized spacial score (nSPS) is 10.4. The summed E-state index contributed by atoms with van der Waals surface area (Å²) in [6.07, 6.45) is 0.224. The average Bonchev–Trinajstić information content (AvgIpc) is 2.83. The second kappa shape index (κ2) is 7.37. The number of ether oxygens (including phenoxy) is 1. The van der Waals surface area contributed by atoms with Crippen LogP contribution in [0.1, 0.15) is 39.8 Å². The van der Waals surface area contributed by atoms with E-state index in [1.807, 2.05) is 32.0 Å². The van der Waals surface area contributed by atoms with Crippen molar-refractivity contribution < 1.29 is 14.3 Å². The molecule has 0 spiro atoms. The molecule has 0 aliphatic heterocycles. The Morgan fingerprint density at radius 1 is 1.26 bits per heavy atom. The first kappa shape index (κ1) is 17.1. The van der Waals surface area contributed by atoms with Gasteiger partial charge in [0.1, 0.15) is 5.75 Å². The Balaban J connectivity index is 1.87. The van der Waals surface area contributed by atoms with Crippen LogP contribution in [0.3, 0.4) is 0 Å². The molecule has 0 bridgehead atoms. The first-order chi connectivity index (χ1) is 10.9. The summed E-state index contributed by atoms with van der Waals surface area (Å²) in [5.74, 6) is 0.569. The third-order valence-corrected chi connectivity index (χ3v) is 4.47. The van der Waals surface area contributed by atoms with Crippen molar-refractivity contribution in [3.05, 3.63) is 39.9 Å². The van der Waals surface area contributed by atoms with E-state index in [1.165, 1.54) is 18.3 Å². The van der Waals surface area contributed by atoms with E-state index in [0.29, 0.717) is 22.3 Å². The lowest BCUT2D eigenvalue weighted by Gasteiger charge is -2.09. The zero-order valence-electron chi connectivity index (χ0n) is 13.7. The fourth-order valence-corrected chi connectivity index (χ4v) is 2.95. The van der Waals surface area contributed by atoms with Crippen molar-refractivity contribution in [1.82, 2.24) is 4.98 Å². The summed E-state index contributed by atoms with van der Waals surface area (Å²) in [7, 11) is 0. The topological polar surface area (TPSA) is 68.3 Å². The molecule has 0 unspecified atom stereocenters. The predicted octanol–water partition coefficient (Wildman–Crippen LogP) is 3.68. The largest absolute Gasteiger partial charge is 0.493 e. The molecule has 122 valence electrons. The van der Waals surface area contributed by atoms with Gasteiger partial charge in [-0.1, -0.05) is 23.5 Å². The molecule has 6 heteroatoms. The number of carbonyl (C=O) groups is 2. The number of amides is 1. The van der Waals surface area contributed by atoms with E-state index >= 15 is 0 Å². The van der Waals surface area contributed by atoms with Crippen LogP contribution < -0.4 is 10.1 Å². The van der Waals surface area contributed by atoms with E-state index in [-0.39, 0.29) is 18.1 Å². The Hall–Kier alpha value is -2.21. The molecule has 0 aliphatic rings. The van der Waals surface area contributed by atoms with Crippen molar-refractivity contribution in [2.45, 2.75) is 34.1 Å². The highest BCUT2D eigenvalue weighted by Crippen LogP contribution is 2.23. The summed E-state index contributed by atoms with van der Waals surface area (Å²) in [6.45, 7) is 7.50. The number of aromatic nitrogens is 1. The lowest BCUT2D eigenvalue weighted by molar-refractivity contribution is -0.116. The van der Waals surface area contributed by atoms with Crippen molar-refractivity contribution in [2.75, 3.05) is 11.9 Å². The van der Waals surface area contributed by atoms with Crippen LogP contribution in [-0.4, -0.2) is 23.3 Å². The van der Waals surface area contributed by atoms with Crippen LogP contribution in [0.2, 0.25) is 0 Å². The third-order valence-electron chi connectivity index (χ3n) is 3.29. The summed E-state index contributed by atoms with van der Waals surface area (Å²) < 4.78 is 5.66. The van der Waals surface area contributed by atoms with Gasteiger partial charge >= 0.3 is 0 Å². The third kappa shape index (κ3) is 4.63. The minimum Gasteiger partial charge on any atom is -0.493 e. The van der Waals surface area contributed by atoms with Crippen molar-refractivity contribution in [1.29, 1.82) is 0 Å². The maximum atomic E-state index is 11.9. The maximum absolute atomic E-state index is 11.9. The van der Waals surface area contributed by atoms with Crippen LogP contribution in [0.5, 0.6) is 5.75 Å². The molecule has 23 heavy (non-hydrogen) atoms. The van der Waals surface area contributed by atoms with E-state index in [9.17, 15) is 9.59 Å². The van der Waals surface area contributed by atoms with Gasteiger partial charge < -0.3 is 10.1 Å². The summed E-state index contributed by atoms with van der Waals surface area (Å²) in [6, 6.07) is 5.97. The molecule has 0 saturated carbocycles. The molecule has 0 fully saturated rings. The van der Waals surface area contributed by atoms with Crippen molar-refractivity contribution in [3.8, 4) is 5.75 Å². The number of hydrogen-bond acceptors (Lipinski definition) is 5. The summed E-state index contributed by atoms with van der Waals surface area (Å²) in [4.78, 5) is 28.1. The van der Waals surface area contributed by atoms with Gasteiger partial charge in [-0.25, -0.2) is 4.98 Å². The van der Waals surface area contributed by atoms with Crippen LogP contribution >= 0.6 is 11.3 Å². The maximum Gasteiger partial charge on any atom is 0.229 e. The molecule has 1 heterocycles. The SMILES string of the molecule is CC(=O)c1sc(NC(=O)CCOc2cc(C)ccc2C)nc1C. The molecule has 1 amide bonds. The number of carbonyl (C=O) groups excluding carboxylic acids is 2. The molecule has 2 aromatic rings. The van der Waals surface area contributed by atoms with Gasteiger partial charge in [-0.05, 0) is 38.0 Å². The quantitative estimate of drug-likeness (QED) is 0.819. The number of hydrogen-bond donors (Lipinski definition) is 1. The van der Waals surface area contributed by atoms with Crippen molar-refractivity contribution in [2.24, 2.45) is 0 Å². The highest BCUT2D eigenvalue weighted by atomic mass is 32.1. The van der Waals surface area contributed by atoms with Crippen LogP contribution in [-0.2, 0) is 4.79 Å². The van der Waals surface area contributed by atoms with Gasteiger partial charge in [0.25, 0.3) is 0 Å². The van der Waals surface area contributed by atoms with E-state index in [0.717, 1.165) is 16.9 Å².